The SMILES string of the molecule is COc1c(C)cc(NC2CC(C)N(C(C)=O)c3ccccc32)cc1C. The highest BCUT2D eigenvalue weighted by Gasteiger charge is 2.32. The highest BCUT2D eigenvalue weighted by molar-refractivity contribution is 5.93. The van der Waals surface area contributed by atoms with Crippen molar-refractivity contribution in [1.29, 1.82) is 0 Å². The molecule has 1 amide bonds. The van der Waals surface area contributed by atoms with E-state index in [2.05, 4.69) is 44.3 Å². The molecule has 0 radical (unpaired) electrons. The van der Waals surface area contributed by atoms with E-state index in [1.165, 1.54) is 5.56 Å². The Balaban J connectivity index is 1.96. The van der Waals surface area contributed by atoms with Gasteiger partial charge in [0.05, 0.1) is 13.2 Å². The summed E-state index contributed by atoms with van der Waals surface area (Å²) in [6.07, 6.45) is 0.876. The molecule has 1 heterocycles. The summed E-state index contributed by atoms with van der Waals surface area (Å²) < 4.78 is 5.46. The van der Waals surface area contributed by atoms with Gasteiger partial charge in [-0.25, -0.2) is 0 Å². The average molecular weight is 338 g/mol. The highest BCUT2D eigenvalue weighted by Crippen LogP contribution is 2.39. The van der Waals surface area contributed by atoms with Crippen LogP contribution in [-0.2, 0) is 4.79 Å². The van der Waals surface area contributed by atoms with Gasteiger partial charge in [0.15, 0.2) is 0 Å². The highest BCUT2D eigenvalue weighted by atomic mass is 16.5. The molecule has 1 aliphatic heterocycles. The number of amides is 1. The van der Waals surface area contributed by atoms with Gasteiger partial charge in [-0.15, -0.1) is 0 Å². The lowest BCUT2D eigenvalue weighted by atomic mass is 9.91. The van der Waals surface area contributed by atoms with Crippen LogP contribution in [0, 0.1) is 13.8 Å². The third-order valence-corrected chi connectivity index (χ3v) is 4.93. The number of nitrogens with one attached hydrogen (secondary N) is 1. The maximum absolute atomic E-state index is 12.1. The number of benzene rings is 2. The molecule has 0 fully saturated rings. The Morgan fingerprint density at radius 2 is 1.84 bits per heavy atom. The third-order valence-electron chi connectivity index (χ3n) is 4.93. The van der Waals surface area contributed by atoms with Gasteiger partial charge in [-0.05, 0) is 62.1 Å². The molecule has 0 saturated carbocycles. The summed E-state index contributed by atoms with van der Waals surface area (Å²) in [5.41, 5.74) is 5.49. The second-order valence-electron chi connectivity index (χ2n) is 6.87. The smallest absolute Gasteiger partial charge is 0.224 e. The largest absolute Gasteiger partial charge is 0.496 e. The minimum absolute atomic E-state index is 0.0922. The first-order chi connectivity index (χ1) is 11.9. The van der Waals surface area contributed by atoms with Crippen molar-refractivity contribution in [2.75, 3.05) is 17.3 Å². The summed E-state index contributed by atoms with van der Waals surface area (Å²) >= 11 is 0. The molecule has 2 aromatic carbocycles. The van der Waals surface area contributed by atoms with Crippen molar-refractivity contribution in [2.24, 2.45) is 0 Å². The lowest BCUT2D eigenvalue weighted by Crippen LogP contribution is -2.43. The van der Waals surface area contributed by atoms with Crippen molar-refractivity contribution in [3.63, 3.8) is 0 Å². The van der Waals surface area contributed by atoms with Crippen molar-refractivity contribution < 1.29 is 9.53 Å². The fraction of sp³-hybridized carbons (Fsp3) is 0.381. The molecule has 0 saturated heterocycles. The van der Waals surface area contributed by atoms with E-state index >= 15 is 0 Å². The minimum Gasteiger partial charge on any atom is -0.496 e. The van der Waals surface area contributed by atoms with Gasteiger partial charge >= 0.3 is 0 Å². The van der Waals surface area contributed by atoms with Gasteiger partial charge in [0.25, 0.3) is 0 Å². The van der Waals surface area contributed by atoms with Gasteiger partial charge in [0.2, 0.25) is 5.91 Å². The fourth-order valence-corrected chi connectivity index (χ4v) is 3.99. The van der Waals surface area contributed by atoms with Gasteiger partial charge < -0.3 is 15.0 Å². The first kappa shape index (κ1) is 17.3. The topological polar surface area (TPSA) is 41.6 Å². The van der Waals surface area contributed by atoms with E-state index in [0.29, 0.717) is 0 Å². The van der Waals surface area contributed by atoms with Crippen LogP contribution in [0.2, 0.25) is 0 Å². The Labute approximate surface area is 149 Å². The molecule has 1 N–H and O–H groups in total. The molecule has 2 aromatic rings. The zero-order chi connectivity index (χ0) is 18.1. The summed E-state index contributed by atoms with van der Waals surface area (Å²) in [6.45, 7) is 7.87. The van der Waals surface area contributed by atoms with Gasteiger partial charge in [-0.2, -0.15) is 0 Å². The van der Waals surface area contributed by atoms with Crippen LogP contribution < -0.4 is 15.0 Å². The molecule has 4 heteroatoms. The number of fused-ring (bicyclic) bond motifs is 1. The van der Waals surface area contributed by atoms with Crippen LogP contribution in [0.25, 0.3) is 0 Å². The number of ether oxygens (including phenoxy) is 1. The summed E-state index contributed by atoms with van der Waals surface area (Å²) in [6, 6.07) is 12.7. The Hall–Kier alpha value is -2.49. The molecule has 132 valence electrons. The molecule has 3 rings (SSSR count). The predicted molar refractivity (Wildman–Crippen MR) is 103 cm³/mol. The number of carbonyl (C=O) groups is 1. The summed E-state index contributed by atoms with van der Waals surface area (Å²) in [5.74, 6) is 1.03. The number of rotatable bonds is 3. The number of aryl methyl sites for hydroxylation is 2. The zero-order valence-corrected chi connectivity index (χ0v) is 15.6. The molecule has 2 unspecified atom stereocenters. The Bertz CT molecular complexity index is 777. The first-order valence-electron chi connectivity index (χ1n) is 8.73. The standard InChI is InChI=1S/C21H26N2O2/c1-13-10-17(11-14(2)21(13)25-5)22-19-12-15(3)23(16(4)24)20-9-7-6-8-18(19)20/h6-11,15,19,22H,12H2,1-5H3. The predicted octanol–water partition coefficient (Wildman–Crippen LogP) is 4.61. The number of methoxy groups -OCH3 is 1. The second-order valence-corrected chi connectivity index (χ2v) is 6.87. The molecule has 0 aromatic heterocycles. The van der Waals surface area contributed by atoms with E-state index < -0.39 is 0 Å². The number of para-hydroxylation sites is 1. The number of hydrogen-bond donors (Lipinski definition) is 1. The monoisotopic (exact) mass is 338 g/mol. The van der Waals surface area contributed by atoms with Crippen LogP contribution in [0.4, 0.5) is 11.4 Å². The second kappa shape index (κ2) is 6.79. The van der Waals surface area contributed by atoms with Crippen LogP contribution >= 0.6 is 0 Å². The van der Waals surface area contributed by atoms with Crippen LogP contribution in [0.1, 0.15) is 43.0 Å². The quantitative estimate of drug-likeness (QED) is 0.888. The van der Waals surface area contributed by atoms with Gasteiger partial charge in [-0.1, -0.05) is 18.2 Å². The molecular weight excluding hydrogens is 312 g/mol. The van der Waals surface area contributed by atoms with E-state index in [1.54, 1.807) is 14.0 Å². The molecule has 25 heavy (non-hydrogen) atoms. The molecule has 1 aliphatic rings. The normalized spacial score (nSPS) is 19.3. The molecule has 0 spiro atoms. The zero-order valence-electron chi connectivity index (χ0n) is 15.6. The van der Waals surface area contributed by atoms with Crippen LogP contribution in [0.5, 0.6) is 5.75 Å². The number of anilines is 2. The van der Waals surface area contributed by atoms with Crippen LogP contribution in [0.3, 0.4) is 0 Å². The van der Waals surface area contributed by atoms with Crippen molar-refractivity contribution in [1.82, 2.24) is 0 Å². The van der Waals surface area contributed by atoms with Crippen molar-refractivity contribution >= 4 is 17.3 Å². The first-order valence-corrected chi connectivity index (χ1v) is 8.73. The summed E-state index contributed by atoms with van der Waals surface area (Å²) in [5, 5.41) is 3.67. The van der Waals surface area contributed by atoms with Gasteiger partial charge in [0, 0.05) is 24.3 Å². The number of carbonyl (C=O) groups excluding carboxylic acids is 1. The molecule has 0 aliphatic carbocycles. The number of nitrogens with zero attached hydrogens (tertiary/aromatic N) is 1. The Kier molecular flexibility index (Phi) is 4.71. The Morgan fingerprint density at radius 3 is 2.44 bits per heavy atom. The molecular formula is C21H26N2O2. The van der Waals surface area contributed by atoms with E-state index in [-0.39, 0.29) is 18.0 Å². The summed E-state index contributed by atoms with van der Waals surface area (Å²) in [4.78, 5) is 14.0. The Morgan fingerprint density at radius 1 is 1.20 bits per heavy atom. The number of hydrogen-bond acceptors (Lipinski definition) is 3. The maximum atomic E-state index is 12.1. The van der Waals surface area contributed by atoms with E-state index in [9.17, 15) is 4.79 Å². The van der Waals surface area contributed by atoms with Crippen LogP contribution in [0.15, 0.2) is 36.4 Å². The van der Waals surface area contributed by atoms with Crippen molar-refractivity contribution in [3.05, 3.63) is 53.1 Å². The van der Waals surface area contributed by atoms with Gasteiger partial charge in [0.1, 0.15) is 5.75 Å². The fourth-order valence-electron chi connectivity index (χ4n) is 3.99. The minimum atomic E-state index is 0.0922. The average Bonchev–Trinajstić information content (AvgIpc) is 2.54. The lowest BCUT2D eigenvalue weighted by molar-refractivity contribution is -0.117. The molecule has 0 bridgehead atoms. The van der Waals surface area contributed by atoms with Gasteiger partial charge in [-0.3, -0.25) is 4.79 Å². The summed E-state index contributed by atoms with van der Waals surface area (Å²) in [7, 11) is 1.71. The van der Waals surface area contributed by atoms with Crippen molar-refractivity contribution in [3.8, 4) is 5.75 Å². The molecule has 2 atom stereocenters. The van der Waals surface area contributed by atoms with E-state index in [1.807, 2.05) is 23.1 Å². The lowest BCUT2D eigenvalue weighted by Gasteiger charge is -2.39. The third kappa shape index (κ3) is 3.21. The van der Waals surface area contributed by atoms with E-state index in [4.69, 9.17) is 4.74 Å². The van der Waals surface area contributed by atoms with E-state index in [0.717, 1.165) is 34.7 Å². The van der Waals surface area contributed by atoms with Crippen LogP contribution in [-0.4, -0.2) is 19.1 Å². The van der Waals surface area contributed by atoms with Crippen molar-refractivity contribution in [2.45, 2.75) is 46.2 Å². The maximum Gasteiger partial charge on any atom is 0.224 e. The molecule has 4 nitrogen and oxygen atoms in total.